The molecule has 47 heavy (non-hydrogen) atoms. The number of rotatable bonds is 9. The molecule has 2 N–H and O–H groups in total. The van der Waals surface area contributed by atoms with Gasteiger partial charge in [-0.1, -0.05) is 110 Å². The number of alkyl carbamates (subject to hydrolysis) is 1. The van der Waals surface area contributed by atoms with Gasteiger partial charge >= 0.3 is 6.09 Å². The van der Waals surface area contributed by atoms with Gasteiger partial charge in [-0.3, -0.25) is 10.1 Å². The fourth-order valence-electron chi connectivity index (χ4n) is 6.47. The van der Waals surface area contributed by atoms with E-state index in [0.717, 1.165) is 11.1 Å². The molecule has 6 nitrogen and oxygen atoms in total. The van der Waals surface area contributed by atoms with Crippen molar-refractivity contribution in [2.24, 2.45) is 0 Å². The predicted octanol–water partition coefficient (Wildman–Crippen LogP) is 8.07. The number of amides is 2. The molecule has 0 spiro atoms. The Hall–Kier alpha value is -4.07. The van der Waals surface area contributed by atoms with Crippen molar-refractivity contribution in [1.82, 2.24) is 15.5 Å². The van der Waals surface area contributed by atoms with E-state index in [1.54, 1.807) is 0 Å². The molecule has 5 rings (SSSR count). The van der Waals surface area contributed by atoms with Crippen molar-refractivity contribution >= 4 is 23.8 Å². The summed E-state index contributed by atoms with van der Waals surface area (Å²) < 4.78 is 5.15. The summed E-state index contributed by atoms with van der Waals surface area (Å²) in [6.07, 6.45) is -0.368. The summed E-state index contributed by atoms with van der Waals surface area (Å²) in [6, 6.07) is 37.5. The molecule has 1 aliphatic heterocycles. The third kappa shape index (κ3) is 7.91. The van der Waals surface area contributed by atoms with Gasteiger partial charge in [0.15, 0.2) is 0 Å². The number of nitrogens with zero attached hydrogens (tertiary/aromatic N) is 1. The third-order valence-corrected chi connectivity index (χ3v) is 10.4. The van der Waals surface area contributed by atoms with Gasteiger partial charge in [-0.15, -0.1) is 11.8 Å². The first-order valence-electron chi connectivity index (χ1n) is 16.4. The molecule has 0 bridgehead atoms. The van der Waals surface area contributed by atoms with Gasteiger partial charge in [0.2, 0.25) is 0 Å². The molecule has 2 amide bonds. The molecule has 0 radical (unpaired) electrons. The zero-order chi connectivity index (χ0) is 33.6. The first-order valence-corrected chi connectivity index (χ1v) is 17.3. The molecule has 0 saturated carbocycles. The minimum absolute atomic E-state index is 0.0219. The number of aryl methyl sites for hydroxylation is 1. The molecule has 0 aliphatic carbocycles. The second-order valence-electron chi connectivity index (χ2n) is 13.3. The number of carbonyl (C=O) groups is 2. The van der Waals surface area contributed by atoms with Gasteiger partial charge < -0.3 is 15.0 Å². The van der Waals surface area contributed by atoms with Crippen LogP contribution in [0.1, 0.15) is 72.3 Å². The molecule has 4 aromatic rings. The molecule has 0 aromatic heterocycles. The summed E-state index contributed by atoms with van der Waals surface area (Å²) in [6.45, 7) is 12.9. The maximum absolute atomic E-state index is 14.3. The summed E-state index contributed by atoms with van der Waals surface area (Å²) >= 11 is 1.88. The van der Waals surface area contributed by atoms with Crippen LogP contribution in [0.2, 0.25) is 0 Å². The van der Waals surface area contributed by atoms with Crippen LogP contribution < -0.4 is 10.6 Å². The zero-order valence-electron chi connectivity index (χ0n) is 28.3. The highest BCUT2D eigenvalue weighted by atomic mass is 32.2. The van der Waals surface area contributed by atoms with Gasteiger partial charge in [0.1, 0.15) is 11.8 Å². The fraction of sp³-hybridized carbons (Fsp3) is 0.350. The Labute approximate surface area is 284 Å². The van der Waals surface area contributed by atoms with E-state index in [4.69, 9.17) is 4.74 Å². The standard InChI is InChI=1S/C40H47N3O3S/c1-28-17-16-24-34(30(28)3)37(44)43-26-25-41-36(42-38(45)46-39(4,5)6)35(43)27-29(2)47-40(31-18-10-7-11-19-31,32-20-12-8-13-21-32)33-22-14-9-15-23-33/h7-24,29,35-36,41H,25-27H2,1-6H3,(H,42,45)/t29-,35?,36?/m1/s1. The van der Waals surface area contributed by atoms with Crippen molar-refractivity contribution in [1.29, 1.82) is 0 Å². The molecule has 2 unspecified atom stereocenters. The maximum atomic E-state index is 14.3. The largest absolute Gasteiger partial charge is 0.444 e. The molecule has 3 atom stereocenters. The number of benzene rings is 4. The molecule has 1 saturated heterocycles. The van der Waals surface area contributed by atoms with Gasteiger partial charge in [-0.2, -0.15) is 0 Å². The summed E-state index contributed by atoms with van der Waals surface area (Å²) in [5.41, 5.74) is 5.65. The molecule has 1 heterocycles. The number of thioether (sulfide) groups is 1. The fourth-order valence-corrected chi connectivity index (χ4v) is 8.18. The van der Waals surface area contributed by atoms with Gasteiger partial charge in [-0.25, -0.2) is 4.79 Å². The number of hydrogen-bond acceptors (Lipinski definition) is 5. The van der Waals surface area contributed by atoms with E-state index >= 15 is 0 Å². The van der Waals surface area contributed by atoms with E-state index in [2.05, 4.69) is 109 Å². The van der Waals surface area contributed by atoms with Crippen LogP contribution in [0.15, 0.2) is 109 Å². The Morgan fingerprint density at radius 1 is 0.851 bits per heavy atom. The van der Waals surface area contributed by atoms with Gasteiger partial charge in [-0.05, 0) is 74.9 Å². The Balaban J connectivity index is 1.55. The van der Waals surface area contributed by atoms with Crippen molar-refractivity contribution in [2.75, 3.05) is 13.1 Å². The first-order chi connectivity index (χ1) is 22.5. The van der Waals surface area contributed by atoms with Crippen molar-refractivity contribution in [3.8, 4) is 0 Å². The SMILES string of the molecule is Cc1cccc(C(=O)N2CCNC(NC(=O)OC(C)(C)C)C2C[C@@H](C)SC(c2ccccc2)(c2ccccc2)c2ccccc2)c1C. The third-order valence-electron chi connectivity index (χ3n) is 8.76. The maximum Gasteiger partial charge on any atom is 0.408 e. The average molecular weight is 650 g/mol. The monoisotopic (exact) mass is 649 g/mol. The lowest BCUT2D eigenvalue weighted by atomic mass is 9.84. The van der Waals surface area contributed by atoms with E-state index in [1.807, 2.05) is 69.5 Å². The lowest BCUT2D eigenvalue weighted by Crippen LogP contribution is -2.66. The molecule has 1 aliphatic rings. The summed E-state index contributed by atoms with van der Waals surface area (Å²) in [4.78, 5) is 29.4. The highest BCUT2D eigenvalue weighted by Gasteiger charge is 2.42. The van der Waals surface area contributed by atoms with E-state index in [1.165, 1.54) is 16.7 Å². The number of nitrogens with one attached hydrogen (secondary N) is 2. The van der Waals surface area contributed by atoms with Crippen LogP contribution in [0.25, 0.3) is 0 Å². The van der Waals surface area contributed by atoms with Crippen LogP contribution >= 0.6 is 11.8 Å². The van der Waals surface area contributed by atoms with Crippen LogP contribution in [0.4, 0.5) is 4.79 Å². The van der Waals surface area contributed by atoms with Gasteiger partial charge in [0.05, 0.1) is 10.8 Å². The first kappa shape index (κ1) is 34.3. The topological polar surface area (TPSA) is 70.7 Å². The highest BCUT2D eigenvalue weighted by Crippen LogP contribution is 2.51. The van der Waals surface area contributed by atoms with Crippen molar-refractivity contribution < 1.29 is 14.3 Å². The molecule has 4 aromatic carbocycles. The Morgan fingerprint density at radius 3 is 1.89 bits per heavy atom. The van der Waals surface area contributed by atoms with Crippen LogP contribution in [-0.2, 0) is 9.48 Å². The number of piperazine rings is 1. The second kappa shape index (κ2) is 14.8. The van der Waals surface area contributed by atoms with Gasteiger partial charge in [0, 0.05) is 23.9 Å². The smallest absolute Gasteiger partial charge is 0.408 e. The molecule has 7 heteroatoms. The van der Waals surface area contributed by atoms with E-state index in [-0.39, 0.29) is 17.2 Å². The quantitative estimate of drug-likeness (QED) is 0.180. The van der Waals surface area contributed by atoms with Crippen molar-refractivity contribution in [3.63, 3.8) is 0 Å². The molecule has 246 valence electrons. The van der Waals surface area contributed by atoms with E-state index < -0.39 is 22.6 Å². The summed E-state index contributed by atoms with van der Waals surface area (Å²) in [7, 11) is 0. The lowest BCUT2D eigenvalue weighted by Gasteiger charge is -2.44. The van der Waals surface area contributed by atoms with Gasteiger partial charge in [0.25, 0.3) is 5.91 Å². The van der Waals surface area contributed by atoms with Crippen LogP contribution in [-0.4, -0.2) is 53.0 Å². The second-order valence-corrected chi connectivity index (χ2v) is 15.0. The van der Waals surface area contributed by atoms with Crippen LogP contribution in [0, 0.1) is 13.8 Å². The summed E-state index contributed by atoms with van der Waals surface area (Å²) in [5.74, 6) is -0.0219. The number of ether oxygens (including phenoxy) is 1. The Morgan fingerprint density at radius 2 is 1.38 bits per heavy atom. The lowest BCUT2D eigenvalue weighted by molar-refractivity contribution is 0.0333. The Kier molecular flexibility index (Phi) is 10.8. The molecule has 1 fully saturated rings. The van der Waals surface area contributed by atoms with E-state index in [9.17, 15) is 9.59 Å². The minimum atomic E-state index is -0.647. The predicted molar refractivity (Wildman–Crippen MR) is 193 cm³/mol. The number of hydrogen-bond donors (Lipinski definition) is 2. The Bertz CT molecular complexity index is 1540. The normalized spacial score (nSPS) is 17.5. The highest BCUT2D eigenvalue weighted by molar-refractivity contribution is 8.01. The van der Waals surface area contributed by atoms with Crippen LogP contribution in [0.3, 0.4) is 0 Å². The minimum Gasteiger partial charge on any atom is -0.444 e. The average Bonchev–Trinajstić information content (AvgIpc) is 3.06. The zero-order valence-corrected chi connectivity index (χ0v) is 29.1. The van der Waals surface area contributed by atoms with Crippen molar-refractivity contribution in [2.45, 2.75) is 75.8 Å². The number of carbonyl (C=O) groups excluding carboxylic acids is 2. The van der Waals surface area contributed by atoms with Crippen LogP contribution in [0.5, 0.6) is 0 Å². The molecular formula is C40H47N3O3S. The van der Waals surface area contributed by atoms with E-state index in [0.29, 0.717) is 25.1 Å². The molecular weight excluding hydrogens is 603 g/mol. The summed E-state index contributed by atoms with van der Waals surface area (Å²) in [5, 5.41) is 6.63. The van der Waals surface area contributed by atoms with Crippen molar-refractivity contribution in [3.05, 3.63) is 143 Å².